The van der Waals surface area contributed by atoms with Gasteiger partial charge < -0.3 is 14.4 Å². The molecule has 0 aliphatic carbocycles. The number of ether oxygens (including phenoxy) is 2. The number of hydrogen-bond acceptors (Lipinski definition) is 4. The molecule has 3 aromatic carbocycles. The molecule has 2 aliphatic heterocycles. The van der Waals surface area contributed by atoms with Crippen molar-refractivity contribution in [3.05, 3.63) is 95.1 Å². The topological polar surface area (TPSA) is 38.8 Å². The summed E-state index contributed by atoms with van der Waals surface area (Å²) in [4.78, 5) is 15.3. The lowest BCUT2D eigenvalue weighted by Gasteiger charge is -2.45. The largest absolute Gasteiger partial charge is 0.496 e. The monoisotopic (exact) mass is 411 g/mol. The maximum absolute atomic E-state index is 13.1. The second-order valence-corrected chi connectivity index (χ2v) is 8.62. The summed E-state index contributed by atoms with van der Waals surface area (Å²) in [5.41, 5.74) is 3.48. The summed E-state index contributed by atoms with van der Waals surface area (Å²) in [7, 11) is 3.65. The zero-order valence-electron chi connectivity index (χ0n) is 18.2. The Morgan fingerprint density at radius 3 is 2.42 bits per heavy atom. The van der Waals surface area contributed by atoms with Crippen molar-refractivity contribution in [1.29, 1.82) is 0 Å². The molecule has 0 aromatic heterocycles. The van der Waals surface area contributed by atoms with E-state index in [1.165, 1.54) is 5.56 Å². The minimum absolute atomic E-state index is 0.0698. The van der Waals surface area contributed by atoms with Gasteiger partial charge in [-0.05, 0) is 43.7 Å². The van der Waals surface area contributed by atoms with Crippen molar-refractivity contribution in [3.63, 3.8) is 0 Å². The van der Waals surface area contributed by atoms with E-state index >= 15 is 0 Å². The van der Waals surface area contributed by atoms with E-state index in [4.69, 9.17) is 9.47 Å². The zero-order valence-corrected chi connectivity index (χ0v) is 18.2. The minimum atomic E-state index is -0.667. The highest BCUT2D eigenvalue weighted by atomic mass is 16.5. The number of likely N-dealkylation sites (N-methyl/N-ethyl adjacent to an activating group) is 1. The van der Waals surface area contributed by atoms with Crippen molar-refractivity contribution in [2.24, 2.45) is 0 Å². The van der Waals surface area contributed by atoms with Crippen LogP contribution in [-0.2, 0) is 5.41 Å². The van der Waals surface area contributed by atoms with Crippen LogP contribution in [0, 0.1) is 0 Å². The summed E-state index contributed by atoms with van der Waals surface area (Å²) in [5.74, 6) is 1.14. The van der Waals surface area contributed by atoms with Crippen LogP contribution in [0.25, 0.3) is 6.08 Å². The number of ketones is 1. The van der Waals surface area contributed by atoms with E-state index in [-0.39, 0.29) is 11.2 Å². The van der Waals surface area contributed by atoms with Gasteiger partial charge in [0.05, 0.1) is 18.1 Å². The van der Waals surface area contributed by atoms with Crippen LogP contribution in [0.4, 0.5) is 5.69 Å². The van der Waals surface area contributed by atoms with E-state index in [9.17, 15) is 4.79 Å². The lowest BCUT2D eigenvalue weighted by atomic mass is 9.76. The van der Waals surface area contributed by atoms with Crippen LogP contribution in [0.3, 0.4) is 0 Å². The molecule has 1 spiro atoms. The molecule has 0 bridgehead atoms. The van der Waals surface area contributed by atoms with Gasteiger partial charge in [0.15, 0.2) is 5.78 Å². The first kappa shape index (κ1) is 19.4. The molecule has 2 aliphatic rings. The summed E-state index contributed by atoms with van der Waals surface area (Å²) in [6, 6.07) is 21.4. The van der Waals surface area contributed by atoms with Gasteiger partial charge in [0, 0.05) is 29.9 Å². The van der Waals surface area contributed by atoms with E-state index in [2.05, 4.69) is 62.2 Å². The van der Waals surface area contributed by atoms with Crippen LogP contribution in [-0.4, -0.2) is 25.7 Å². The highest BCUT2D eigenvalue weighted by Gasteiger charge is 2.57. The summed E-state index contributed by atoms with van der Waals surface area (Å²) in [6.45, 7) is 4.41. The number of anilines is 1. The molecule has 0 saturated heterocycles. The third kappa shape index (κ3) is 2.64. The lowest BCUT2D eigenvalue weighted by Crippen LogP contribution is -2.58. The van der Waals surface area contributed by atoms with Crippen LogP contribution < -0.4 is 14.4 Å². The predicted octanol–water partition coefficient (Wildman–Crippen LogP) is 5.46. The van der Waals surface area contributed by atoms with Gasteiger partial charge in [-0.3, -0.25) is 4.79 Å². The number of carbonyl (C=O) groups excluding carboxylic acids is 1. The standard InChI is InChI=1S/C27H25NO3/c1-26(2)21-12-8-9-13-22(21)28(3)27(26)15-14-19-16-20(24(30-4)17-23(19)31-27)25(29)18-10-6-5-7-11-18/h5-17H,1-4H3. The van der Waals surface area contributed by atoms with Gasteiger partial charge in [-0.15, -0.1) is 0 Å². The molecule has 1 unspecified atom stereocenters. The maximum atomic E-state index is 13.1. The number of benzene rings is 3. The van der Waals surface area contributed by atoms with Gasteiger partial charge in [0.2, 0.25) is 5.72 Å². The van der Waals surface area contributed by atoms with Gasteiger partial charge in [-0.1, -0.05) is 48.5 Å². The first-order chi connectivity index (χ1) is 14.9. The Kier molecular flexibility index (Phi) is 4.23. The molecule has 0 radical (unpaired) electrons. The average molecular weight is 412 g/mol. The van der Waals surface area contributed by atoms with Crippen molar-refractivity contribution < 1.29 is 14.3 Å². The van der Waals surface area contributed by atoms with E-state index in [0.29, 0.717) is 22.6 Å². The molecule has 0 fully saturated rings. The highest BCUT2D eigenvalue weighted by Crippen LogP contribution is 2.54. The highest BCUT2D eigenvalue weighted by molar-refractivity contribution is 6.11. The Morgan fingerprint density at radius 2 is 1.71 bits per heavy atom. The quantitative estimate of drug-likeness (QED) is 0.537. The van der Waals surface area contributed by atoms with Crippen LogP contribution >= 0.6 is 0 Å². The Balaban J connectivity index is 1.60. The summed E-state index contributed by atoms with van der Waals surface area (Å²) < 4.78 is 12.3. The fraction of sp³-hybridized carbons (Fsp3) is 0.222. The number of nitrogens with zero attached hydrogens (tertiary/aromatic N) is 1. The molecule has 0 saturated carbocycles. The molecule has 4 nitrogen and oxygen atoms in total. The van der Waals surface area contributed by atoms with Crippen molar-refractivity contribution in [2.45, 2.75) is 25.0 Å². The predicted molar refractivity (Wildman–Crippen MR) is 123 cm³/mol. The molecule has 31 heavy (non-hydrogen) atoms. The molecule has 0 N–H and O–H groups in total. The maximum Gasteiger partial charge on any atom is 0.211 e. The number of para-hydroxylation sites is 1. The number of methoxy groups -OCH3 is 1. The molecule has 2 heterocycles. The van der Waals surface area contributed by atoms with Crippen molar-refractivity contribution in [2.75, 3.05) is 19.1 Å². The Bertz CT molecular complexity index is 1210. The van der Waals surface area contributed by atoms with Crippen LogP contribution in [0.5, 0.6) is 11.5 Å². The van der Waals surface area contributed by atoms with Gasteiger partial charge in [0.1, 0.15) is 11.5 Å². The first-order valence-corrected chi connectivity index (χ1v) is 10.4. The third-order valence-corrected chi connectivity index (χ3v) is 6.70. The van der Waals surface area contributed by atoms with Gasteiger partial charge in [-0.2, -0.15) is 0 Å². The second kappa shape index (κ2) is 6.74. The second-order valence-electron chi connectivity index (χ2n) is 8.62. The van der Waals surface area contributed by atoms with E-state index < -0.39 is 5.72 Å². The third-order valence-electron chi connectivity index (χ3n) is 6.70. The SMILES string of the molecule is COc1cc2c(cc1C(=O)c1ccccc1)C=CC1(O2)N(C)c2ccccc2C1(C)C. The lowest BCUT2D eigenvalue weighted by molar-refractivity contribution is 0.0579. The van der Waals surface area contributed by atoms with Gasteiger partial charge in [-0.25, -0.2) is 0 Å². The minimum Gasteiger partial charge on any atom is -0.496 e. The molecule has 156 valence electrons. The van der Waals surface area contributed by atoms with Crippen LogP contribution in [0.1, 0.15) is 40.9 Å². The Labute approximate surface area is 182 Å². The van der Waals surface area contributed by atoms with Gasteiger partial charge in [0.25, 0.3) is 0 Å². The Morgan fingerprint density at radius 1 is 1.00 bits per heavy atom. The fourth-order valence-corrected chi connectivity index (χ4v) is 4.89. The summed E-state index contributed by atoms with van der Waals surface area (Å²) in [6.07, 6.45) is 4.17. The molecule has 5 rings (SSSR count). The molecular weight excluding hydrogens is 386 g/mol. The number of rotatable bonds is 3. The van der Waals surface area contributed by atoms with Crippen LogP contribution in [0.2, 0.25) is 0 Å². The molecule has 0 amide bonds. The smallest absolute Gasteiger partial charge is 0.211 e. The zero-order chi connectivity index (χ0) is 21.8. The van der Waals surface area contributed by atoms with E-state index in [0.717, 1.165) is 11.3 Å². The van der Waals surface area contributed by atoms with Crippen molar-refractivity contribution in [1.82, 2.24) is 0 Å². The molecular formula is C27H25NO3. The molecule has 3 aromatic rings. The number of carbonyl (C=O) groups is 1. The number of fused-ring (bicyclic) bond motifs is 2. The van der Waals surface area contributed by atoms with Gasteiger partial charge >= 0.3 is 0 Å². The van der Waals surface area contributed by atoms with E-state index in [1.807, 2.05) is 42.5 Å². The van der Waals surface area contributed by atoms with Crippen molar-refractivity contribution in [3.8, 4) is 11.5 Å². The fourth-order valence-electron chi connectivity index (χ4n) is 4.89. The Hall–Kier alpha value is -3.53. The first-order valence-electron chi connectivity index (χ1n) is 10.4. The van der Waals surface area contributed by atoms with Crippen LogP contribution in [0.15, 0.2) is 72.8 Å². The summed E-state index contributed by atoms with van der Waals surface area (Å²) >= 11 is 0. The number of hydrogen-bond donors (Lipinski definition) is 0. The summed E-state index contributed by atoms with van der Waals surface area (Å²) in [5, 5.41) is 0. The van der Waals surface area contributed by atoms with E-state index in [1.54, 1.807) is 7.11 Å². The molecule has 4 heteroatoms. The average Bonchev–Trinajstić information content (AvgIpc) is 2.96. The molecule has 1 atom stereocenters. The van der Waals surface area contributed by atoms with Crippen molar-refractivity contribution >= 4 is 17.5 Å². The normalized spacial score (nSPS) is 20.2.